The van der Waals surface area contributed by atoms with Crippen molar-refractivity contribution in [2.45, 2.75) is 18.6 Å². The molecule has 0 atom stereocenters. The number of carbonyl (C=O) groups excluding carboxylic acids is 1. The van der Waals surface area contributed by atoms with E-state index in [-0.39, 0.29) is 5.84 Å². The van der Waals surface area contributed by atoms with E-state index >= 15 is 0 Å². The average molecular weight is 431 g/mol. The van der Waals surface area contributed by atoms with E-state index in [1.807, 2.05) is 48.5 Å². The minimum atomic E-state index is -0.859. The summed E-state index contributed by atoms with van der Waals surface area (Å²) in [6.45, 7) is 1.43. The van der Waals surface area contributed by atoms with Crippen molar-refractivity contribution in [3.8, 4) is 11.1 Å². The lowest BCUT2D eigenvalue weighted by Gasteiger charge is -2.38. The number of hydrogen-bond donors (Lipinski definition) is 5. The van der Waals surface area contributed by atoms with Crippen molar-refractivity contribution >= 4 is 23.3 Å². The molecule has 0 radical (unpaired) electrons. The first-order valence-corrected chi connectivity index (χ1v) is 10.5. The lowest BCUT2D eigenvalue weighted by molar-refractivity contribution is 0.0184. The topological polar surface area (TPSA) is 125 Å². The summed E-state index contributed by atoms with van der Waals surface area (Å²) in [5, 5.41) is 17.1. The molecule has 0 unspecified atom stereocenters. The van der Waals surface area contributed by atoms with Crippen LogP contribution in [0.4, 0.5) is 16.2 Å². The second-order valence-electron chi connectivity index (χ2n) is 7.69. The summed E-state index contributed by atoms with van der Waals surface area (Å²) < 4.78 is 5.91. The van der Waals surface area contributed by atoms with E-state index in [0.29, 0.717) is 37.2 Å². The van der Waals surface area contributed by atoms with Crippen LogP contribution in [0, 0.1) is 5.41 Å². The number of carbonyl (C=O) groups is 1. The highest BCUT2D eigenvalue weighted by Gasteiger charge is 2.36. The zero-order chi connectivity index (χ0) is 22.4. The van der Waals surface area contributed by atoms with E-state index < -0.39 is 11.8 Å². The number of pyridine rings is 1. The Kier molecular flexibility index (Phi) is 6.32. The molecule has 1 aliphatic rings. The fraction of sp³-hybridized carbons (Fsp3) is 0.208. The molecule has 2 aromatic carbocycles. The van der Waals surface area contributed by atoms with Gasteiger partial charge in [0.25, 0.3) is 0 Å². The first-order chi connectivity index (χ1) is 15.5. The molecule has 0 saturated carbocycles. The third-order valence-electron chi connectivity index (χ3n) is 5.39. The molecule has 8 heteroatoms. The molecule has 1 fully saturated rings. The summed E-state index contributed by atoms with van der Waals surface area (Å²) in [5.74, 6) is -0.0121. The average Bonchev–Trinajstić information content (AvgIpc) is 2.80. The second kappa shape index (κ2) is 9.49. The lowest BCUT2D eigenvalue weighted by Crippen LogP contribution is -2.51. The molecule has 0 bridgehead atoms. The van der Waals surface area contributed by atoms with Crippen LogP contribution in [0.15, 0.2) is 73.1 Å². The molecule has 3 aromatic rings. The number of anilines is 2. The van der Waals surface area contributed by atoms with Crippen LogP contribution < -0.4 is 21.7 Å². The number of nitrogens with two attached hydrogens (primary N) is 1. The van der Waals surface area contributed by atoms with E-state index in [1.54, 1.807) is 24.5 Å². The summed E-state index contributed by atoms with van der Waals surface area (Å²) in [4.78, 5) is 16.8. The van der Waals surface area contributed by atoms with Crippen LogP contribution in [0.3, 0.4) is 0 Å². The molecule has 0 aliphatic carbocycles. The maximum absolute atomic E-state index is 12.8. The van der Waals surface area contributed by atoms with Crippen LogP contribution >= 0.6 is 0 Å². The molecule has 1 aliphatic heterocycles. The van der Waals surface area contributed by atoms with E-state index in [0.717, 1.165) is 16.8 Å². The van der Waals surface area contributed by atoms with Crippen molar-refractivity contribution in [2.75, 3.05) is 23.7 Å². The highest BCUT2D eigenvalue weighted by atomic mass is 16.6. The summed E-state index contributed by atoms with van der Waals surface area (Å²) in [7, 11) is 0. The Balaban J connectivity index is 1.45. The fourth-order valence-corrected chi connectivity index (χ4v) is 3.72. The zero-order valence-corrected chi connectivity index (χ0v) is 17.6. The Morgan fingerprint density at radius 2 is 1.69 bits per heavy atom. The Hall–Kier alpha value is -3.91. The quantitative estimate of drug-likeness (QED) is 0.230. The van der Waals surface area contributed by atoms with Crippen molar-refractivity contribution in [1.29, 1.82) is 5.41 Å². The number of benzene rings is 2. The minimum absolute atomic E-state index is 0.0121. The van der Waals surface area contributed by atoms with Crippen molar-refractivity contribution in [2.24, 2.45) is 5.73 Å². The zero-order valence-electron chi connectivity index (χ0n) is 17.6. The minimum Gasteiger partial charge on any atom is -0.423 e. The molecule has 164 valence electrons. The number of amidine groups is 1. The molecule has 0 spiro atoms. The number of ether oxygens (including phenoxy) is 1. The smallest absolute Gasteiger partial charge is 0.413 e. The van der Waals surface area contributed by atoms with Gasteiger partial charge in [0.15, 0.2) is 5.72 Å². The van der Waals surface area contributed by atoms with Gasteiger partial charge in [-0.25, -0.2) is 4.79 Å². The first-order valence-electron chi connectivity index (χ1n) is 10.5. The van der Waals surface area contributed by atoms with Gasteiger partial charge in [-0.1, -0.05) is 24.3 Å². The number of aromatic nitrogens is 1. The summed E-state index contributed by atoms with van der Waals surface area (Å²) >= 11 is 0. The largest absolute Gasteiger partial charge is 0.423 e. The monoisotopic (exact) mass is 430 g/mol. The number of amides is 1. The predicted molar refractivity (Wildman–Crippen MR) is 126 cm³/mol. The van der Waals surface area contributed by atoms with Gasteiger partial charge in [0, 0.05) is 55.3 Å². The van der Waals surface area contributed by atoms with Crippen LogP contribution in [0.25, 0.3) is 11.1 Å². The molecular weight excluding hydrogens is 404 g/mol. The normalized spacial score (nSPS) is 14.9. The second-order valence-corrected chi connectivity index (χ2v) is 7.69. The van der Waals surface area contributed by atoms with Gasteiger partial charge in [-0.15, -0.1) is 0 Å². The van der Waals surface area contributed by atoms with Gasteiger partial charge >= 0.3 is 6.09 Å². The predicted octanol–water partition coefficient (Wildman–Crippen LogP) is 3.77. The Labute approximate surface area is 186 Å². The van der Waals surface area contributed by atoms with Gasteiger partial charge in [0.05, 0.1) is 0 Å². The van der Waals surface area contributed by atoms with Crippen LogP contribution in [-0.2, 0) is 4.74 Å². The van der Waals surface area contributed by atoms with Crippen molar-refractivity contribution in [3.63, 3.8) is 0 Å². The molecule has 4 rings (SSSR count). The Morgan fingerprint density at radius 1 is 1.00 bits per heavy atom. The Morgan fingerprint density at radius 3 is 2.38 bits per heavy atom. The van der Waals surface area contributed by atoms with Gasteiger partial charge in [0.1, 0.15) is 5.84 Å². The third kappa shape index (κ3) is 5.22. The van der Waals surface area contributed by atoms with Gasteiger partial charge in [0.2, 0.25) is 0 Å². The van der Waals surface area contributed by atoms with Crippen molar-refractivity contribution in [3.05, 3.63) is 78.6 Å². The fourth-order valence-electron chi connectivity index (χ4n) is 3.72. The van der Waals surface area contributed by atoms with Crippen molar-refractivity contribution in [1.82, 2.24) is 10.3 Å². The maximum Gasteiger partial charge on any atom is 0.413 e. The molecule has 6 N–H and O–H groups in total. The van der Waals surface area contributed by atoms with Gasteiger partial charge in [-0.2, -0.15) is 0 Å². The third-order valence-corrected chi connectivity index (χ3v) is 5.39. The first kappa shape index (κ1) is 21.3. The highest BCUT2D eigenvalue weighted by molar-refractivity contribution is 5.95. The summed E-state index contributed by atoms with van der Waals surface area (Å²) in [6, 6.07) is 18.7. The van der Waals surface area contributed by atoms with Gasteiger partial charge in [-0.3, -0.25) is 15.7 Å². The lowest BCUT2D eigenvalue weighted by atomic mass is 10.0. The molecule has 1 aromatic heterocycles. The van der Waals surface area contributed by atoms with Gasteiger partial charge < -0.3 is 21.1 Å². The van der Waals surface area contributed by atoms with E-state index in [2.05, 4.69) is 20.9 Å². The summed E-state index contributed by atoms with van der Waals surface area (Å²) in [5.41, 5.74) is 8.84. The number of hydrogen-bond acceptors (Lipinski definition) is 6. The molecule has 8 nitrogen and oxygen atoms in total. The number of piperidine rings is 1. The molecular formula is C24H26N6O2. The van der Waals surface area contributed by atoms with E-state index in [1.165, 1.54) is 0 Å². The maximum atomic E-state index is 12.8. The number of nitrogens with zero attached hydrogens (tertiary/aromatic N) is 1. The molecule has 1 amide bonds. The number of nitrogens with one attached hydrogen (secondary N) is 4. The van der Waals surface area contributed by atoms with E-state index in [4.69, 9.17) is 15.9 Å². The highest BCUT2D eigenvalue weighted by Crippen LogP contribution is 2.27. The van der Waals surface area contributed by atoms with E-state index in [9.17, 15) is 4.79 Å². The molecule has 1 saturated heterocycles. The summed E-state index contributed by atoms with van der Waals surface area (Å²) in [6.07, 6.45) is 4.17. The SMILES string of the molecule is N=C(N)c1cccc(NC2(OC(=O)Nc3ccc(-c4ccncc4)cc3)CCNCC2)c1. The van der Waals surface area contributed by atoms with Crippen molar-refractivity contribution < 1.29 is 9.53 Å². The van der Waals surface area contributed by atoms with Crippen LogP contribution in [0.2, 0.25) is 0 Å². The number of nitrogen functional groups attached to an aromatic ring is 1. The Bertz CT molecular complexity index is 1080. The standard InChI is InChI=1S/C24H26N6O2/c25-22(26)19-2-1-3-21(16-19)30-24(10-14-28-15-11-24)32-23(31)29-20-6-4-17(5-7-20)18-8-12-27-13-9-18/h1-9,12-13,16,28,30H,10-11,14-15H2,(H3,25,26)(H,29,31). The van der Waals surface area contributed by atoms with Crippen LogP contribution in [0.5, 0.6) is 0 Å². The van der Waals surface area contributed by atoms with Crippen LogP contribution in [0.1, 0.15) is 18.4 Å². The van der Waals surface area contributed by atoms with Crippen LogP contribution in [-0.4, -0.2) is 35.7 Å². The molecule has 32 heavy (non-hydrogen) atoms. The molecule has 2 heterocycles. The van der Waals surface area contributed by atoms with Gasteiger partial charge in [-0.05, 0) is 47.5 Å². The number of rotatable bonds is 6.